The second kappa shape index (κ2) is 8.44. The number of anilines is 1. The Labute approximate surface area is 181 Å². The SMILES string of the molecule is CC1=CC2C(N3CCN[C@@H](CCc4ccc(F)cc4)C3)=Nc3ccccc3NC2S1. The molecule has 2 aromatic rings. The highest BCUT2D eigenvalue weighted by Gasteiger charge is 2.37. The van der Waals surface area contributed by atoms with Gasteiger partial charge in [0.2, 0.25) is 0 Å². The van der Waals surface area contributed by atoms with Gasteiger partial charge in [0.15, 0.2) is 0 Å². The molecule has 0 bridgehead atoms. The Morgan fingerprint density at radius 1 is 1.17 bits per heavy atom. The number of piperazine rings is 1. The number of amidine groups is 1. The fourth-order valence-corrected chi connectivity index (χ4v) is 5.69. The fraction of sp³-hybridized carbons (Fsp3) is 0.375. The summed E-state index contributed by atoms with van der Waals surface area (Å²) in [5.41, 5.74) is 3.32. The number of allylic oxidation sites excluding steroid dienone is 1. The molecule has 3 aliphatic rings. The summed E-state index contributed by atoms with van der Waals surface area (Å²) >= 11 is 1.90. The van der Waals surface area contributed by atoms with Crippen molar-refractivity contribution in [1.29, 1.82) is 0 Å². The molecule has 0 saturated carbocycles. The minimum Gasteiger partial charge on any atom is -0.370 e. The number of aliphatic imine (C=N–C) groups is 1. The predicted octanol–water partition coefficient (Wildman–Crippen LogP) is 4.78. The molecule has 2 N–H and O–H groups in total. The van der Waals surface area contributed by atoms with Crippen molar-refractivity contribution in [2.45, 2.75) is 31.2 Å². The van der Waals surface area contributed by atoms with Gasteiger partial charge < -0.3 is 15.5 Å². The van der Waals surface area contributed by atoms with Crippen LogP contribution in [0, 0.1) is 11.7 Å². The number of benzene rings is 2. The van der Waals surface area contributed by atoms with Crippen molar-refractivity contribution in [3.63, 3.8) is 0 Å². The molecule has 1 saturated heterocycles. The second-order valence-electron chi connectivity index (χ2n) is 8.24. The standard InChI is InChI=1S/C24H27FN4S/c1-16-14-20-23(27-21-4-2-3-5-22(21)28-24(20)30-16)29-13-12-26-19(15-29)11-8-17-6-9-18(25)10-7-17/h2-7,9-10,14,19-20,24,26,28H,8,11-13,15H2,1H3/t19-,20?,24?/m0/s1. The van der Waals surface area contributed by atoms with E-state index in [4.69, 9.17) is 4.99 Å². The Hall–Kier alpha value is -2.31. The van der Waals surface area contributed by atoms with Crippen LogP contribution in [-0.2, 0) is 6.42 Å². The highest BCUT2D eigenvalue weighted by Crippen LogP contribution is 2.42. The van der Waals surface area contributed by atoms with Gasteiger partial charge in [-0.3, -0.25) is 0 Å². The molecular formula is C24H27FN4S. The van der Waals surface area contributed by atoms with E-state index in [0.717, 1.165) is 43.9 Å². The lowest BCUT2D eigenvalue weighted by molar-refractivity contribution is 0.274. The van der Waals surface area contributed by atoms with Gasteiger partial charge in [-0.25, -0.2) is 9.38 Å². The van der Waals surface area contributed by atoms with Crippen molar-refractivity contribution in [3.8, 4) is 0 Å². The molecular weight excluding hydrogens is 395 g/mol. The summed E-state index contributed by atoms with van der Waals surface area (Å²) in [7, 11) is 0. The van der Waals surface area contributed by atoms with E-state index in [1.165, 1.54) is 16.3 Å². The molecule has 3 heterocycles. The summed E-state index contributed by atoms with van der Waals surface area (Å²) in [4.78, 5) is 8.98. The van der Waals surface area contributed by atoms with Crippen LogP contribution in [-0.4, -0.2) is 41.8 Å². The molecule has 4 nitrogen and oxygen atoms in total. The zero-order chi connectivity index (χ0) is 20.5. The molecule has 0 aliphatic carbocycles. The van der Waals surface area contributed by atoms with E-state index in [1.54, 1.807) is 12.1 Å². The number of nitrogens with one attached hydrogen (secondary N) is 2. The minimum atomic E-state index is -0.173. The molecule has 0 aromatic heterocycles. The molecule has 0 radical (unpaired) electrons. The molecule has 1 fully saturated rings. The van der Waals surface area contributed by atoms with E-state index < -0.39 is 0 Å². The molecule has 2 aromatic carbocycles. The fourth-order valence-electron chi connectivity index (χ4n) is 4.53. The van der Waals surface area contributed by atoms with Gasteiger partial charge in [0.05, 0.1) is 22.7 Å². The van der Waals surface area contributed by atoms with Gasteiger partial charge in [-0.05, 0) is 54.5 Å². The molecule has 30 heavy (non-hydrogen) atoms. The third kappa shape index (κ3) is 4.12. The van der Waals surface area contributed by atoms with Gasteiger partial charge in [-0.1, -0.05) is 30.3 Å². The smallest absolute Gasteiger partial charge is 0.123 e. The highest BCUT2D eigenvalue weighted by molar-refractivity contribution is 8.04. The van der Waals surface area contributed by atoms with Crippen LogP contribution in [0.3, 0.4) is 0 Å². The molecule has 0 amide bonds. The second-order valence-corrected chi connectivity index (χ2v) is 9.62. The zero-order valence-corrected chi connectivity index (χ0v) is 18.0. The van der Waals surface area contributed by atoms with Gasteiger partial charge in [-0.2, -0.15) is 0 Å². The summed E-state index contributed by atoms with van der Waals surface area (Å²) in [6.45, 7) is 5.06. The van der Waals surface area contributed by atoms with Gasteiger partial charge in [-0.15, -0.1) is 11.8 Å². The molecule has 156 valence electrons. The lowest BCUT2D eigenvalue weighted by atomic mass is 10.0. The predicted molar refractivity (Wildman–Crippen MR) is 124 cm³/mol. The number of thioether (sulfide) groups is 1. The summed E-state index contributed by atoms with van der Waals surface area (Å²) in [5.74, 6) is 1.28. The Morgan fingerprint density at radius 2 is 2.00 bits per heavy atom. The highest BCUT2D eigenvalue weighted by atomic mass is 32.2. The monoisotopic (exact) mass is 422 g/mol. The average molecular weight is 423 g/mol. The normalized spacial score (nSPS) is 25.5. The number of hydrogen-bond donors (Lipinski definition) is 2. The van der Waals surface area contributed by atoms with Crippen LogP contribution in [0.5, 0.6) is 0 Å². The van der Waals surface area contributed by atoms with Gasteiger partial charge in [0, 0.05) is 25.7 Å². The van der Waals surface area contributed by atoms with E-state index in [2.05, 4.69) is 52.8 Å². The molecule has 0 spiro atoms. The van der Waals surface area contributed by atoms with Gasteiger partial charge in [0.1, 0.15) is 11.7 Å². The minimum absolute atomic E-state index is 0.173. The van der Waals surface area contributed by atoms with E-state index in [0.29, 0.717) is 11.4 Å². The van der Waals surface area contributed by atoms with E-state index in [9.17, 15) is 4.39 Å². The first-order valence-electron chi connectivity index (χ1n) is 10.7. The number of nitrogens with zero attached hydrogens (tertiary/aromatic N) is 2. The number of halogens is 1. The first-order valence-corrected chi connectivity index (χ1v) is 11.6. The third-order valence-electron chi connectivity index (χ3n) is 6.06. The molecule has 5 rings (SSSR count). The number of hydrogen-bond acceptors (Lipinski definition) is 5. The molecule has 3 atom stereocenters. The number of para-hydroxylation sites is 2. The van der Waals surface area contributed by atoms with Crippen molar-refractivity contribution in [2.75, 3.05) is 25.0 Å². The number of aryl methyl sites for hydroxylation is 1. The first-order chi connectivity index (χ1) is 14.7. The van der Waals surface area contributed by atoms with Crippen LogP contribution >= 0.6 is 11.8 Å². The Balaban J connectivity index is 1.35. The van der Waals surface area contributed by atoms with Crippen LogP contribution in [0.25, 0.3) is 0 Å². The maximum Gasteiger partial charge on any atom is 0.123 e. The first kappa shape index (κ1) is 19.6. The van der Waals surface area contributed by atoms with E-state index in [-0.39, 0.29) is 11.7 Å². The van der Waals surface area contributed by atoms with Crippen LogP contribution in [0.2, 0.25) is 0 Å². The number of rotatable bonds is 3. The quantitative estimate of drug-likeness (QED) is 0.747. The average Bonchev–Trinajstić information content (AvgIpc) is 3.05. The van der Waals surface area contributed by atoms with Crippen LogP contribution in [0.4, 0.5) is 15.8 Å². The summed E-state index contributed by atoms with van der Waals surface area (Å²) < 4.78 is 13.2. The zero-order valence-electron chi connectivity index (χ0n) is 17.1. The summed E-state index contributed by atoms with van der Waals surface area (Å²) in [5, 5.41) is 7.66. The lowest BCUT2D eigenvalue weighted by Gasteiger charge is -2.38. The summed E-state index contributed by atoms with van der Waals surface area (Å²) in [6, 6.07) is 15.6. The molecule has 6 heteroatoms. The van der Waals surface area contributed by atoms with E-state index in [1.807, 2.05) is 23.9 Å². The van der Waals surface area contributed by atoms with Gasteiger partial charge >= 0.3 is 0 Å². The van der Waals surface area contributed by atoms with E-state index >= 15 is 0 Å². The lowest BCUT2D eigenvalue weighted by Crippen LogP contribution is -2.54. The van der Waals surface area contributed by atoms with Crippen molar-refractivity contribution in [3.05, 3.63) is 70.9 Å². The Bertz CT molecular complexity index is 971. The van der Waals surface area contributed by atoms with Crippen LogP contribution in [0.1, 0.15) is 18.9 Å². The molecule has 2 unspecified atom stereocenters. The van der Waals surface area contributed by atoms with Crippen molar-refractivity contribution in [2.24, 2.45) is 10.9 Å². The van der Waals surface area contributed by atoms with Crippen molar-refractivity contribution >= 4 is 29.0 Å². The van der Waals surface area contributed by atoms with Crippen molar-refractivity contribution < 1.29 is 4.39 Å². The maximum absolute atomic E-state index is 13.2. The largest absolute Gasteiger partial charge is 0.370 e. The summed E-state index contributed by atoms with van der Waals surface area (Å²) in [6.07, 6.45) is 4.34. The Kier molecular flexibility index (Phi) is 5.52. The maximum atomic E-state index is 13.2. The topological polar surface area (TPSA) is 39.7 Å². The molecule has 3 aliphatic heterocycles. The third-order valence-corrected chi connectivity index (χ3v) is 7.24. The number of fused-ring (bicyclic) bond motifs is 2. The van der Waals surface area contributed by atoms with Gasteiger partial charge in [0.25, 0.3) is 0 Å². The van der Waals surface area contributed by atoms with Crippen LogP contribution < -0.4 is 10.6 Å². The van der Waals surface area contributed by atoms with Crippen molar-refractivity contribution in [1.82, 2.24) is 10.2 Å². The Morgan fingerprint density at radius 3 is 2.87 bits per heavy atom. The van der Waals surface area contributed by atoms with Crippen LogP contribution in [0.15, 0.2) is 64.5 Å².